The van der Waals surface area contributed by atoms with Gasteiger partial charge in [0.25, 0.3) is 15.9 Å². The van der Waals surface area contributed by atoms with E-state index in [1.807, 2.05) is 24.3 Å². The van der Waals surface area contributed by atoms with E-state index in [-0.39, 0.29) is 22.0 Å². The fourth-order valence-corrected chi connectivity index (χ4v) is 5.03. The van der Waals surface area contributed by atoms with Gasteiger partial charge in [-0.25, -0.2) is 8.42 Å². The van der Waals surface area contributed by atoms with Crippen molar-refractivity contribution in [2.45, 2.75) is 11.3 Å². The lowest BCUT2D eigenvalue weighted by atomic mass is 10.1. The van der Waals surface area contributed by atoms with Gasteiger partial charge in [0.15, 0.2) is 0 Å². The van der Waals surface area contributed by atoms with Crippen molar-refractivity contribution in [2.75, 3.05) is 24.5 Å². The lowest BCUT2D eigenvalue weighted by Gasteiger charge is -2.23. The van der Waals surface area contributed by atoms with Crippen LogP contribution in [0.25, 0.3) is 0 Å². The minimum atomic E-state index is -4.00. The Kier molecular flexibility index (Phi) is 8.61. The van der Waals surface area contributed by atoms with Crippen molar-refractivity contribution in [1.29, 1.82) is 0 Å². The molecule has 6 nitrogen and oxygen atoms in total. The molecule has 1 N–H and O–H groups in total. The van der Waals surface area contributed by atoms with Gasteiger partial charge in [0.1, 0.15) is 5.75 Å². The standard InChI is InChI=1S/C25H24Cl2N2O4S/c1-3-16-29(20-8-6-19(26)7-9-20)34(31,32)22-12-13-24(27)23(17-22)25(30)28-15-14-18-4-10-21(33-2)11-5-18/h3-13,17H,1,14-16H2,2H3,(H,28,30). The zero-order valence-corrected chi connectivity index (χ0v) is 20.8. The van der Waals surface area contributed by atoms with Gasteiger partial charge in [0.2, 0.25) is 0 Å². The monoisotopic (exact) mass is 518 g/mol. The first-order valence-electron chi connectivity index (χ1n) is 10.4. The van der Waals surface area contributed by atoms with E-state index in [9.17, 15) is 13.2 Å². The molecule has 0 aromatic heterocycles. The highest BCUT2D eigenvalue weighted by molar-refractivity contribution is 7.92. The first-order chi connectivity index (χ1) is 16.3. The van der Waals surface area contributed by atoms with E-state index in [4.69, 9.17) is 27.9 Å². The minimum absolute atomic E-state index is 0.0377. The minimum Gasteiger partial charge on any atom is -0.497 e. The number of nitrogens with zero attached hydrogens (tertiary/aromatic N) is 1. The van der Waals surface area contributed by atoms with Crippen molar-refractivity contribution >= 4 is 44.8 Å². The number of rotatable bonds is 10. The fourth-order valence-electron chi connectivity index (χ4n) is 3.24. The van der Waals surface area contributed by atoms with Crippen LogP contribution in [-0.4, -0.2) is 34.5 Å². The molecule has 0 heterocycles. The van der Waals surface area contributed by atoms with Crippen LogP contribution in [0.15, 0.2) is 84.3 Å². The molecule has 3 rings (SSSR count). The lowest BCUT2D eigenvalue weighted by molar-refractivity contribution is 0.0954. The molecule has 0 bridgehead atoms. The highest BCUT2D eigenvalue weighted by Crippen LogP contribution is 2.28. The summed E-state index contributed by atoms with van der Waals surface area (Å²) in [6, 6.07) is 18.0. The highest BCUT2D eigenvalue weighted by Gasteiger charge is 2.26. The molecule has 9 heteroatoms. The quantitative estimate of drug-likeness (QED) is 0.366. The van der Waals surface area contributed by atoms with Crippen molar-refractivity contribution in [2.24, 2.45) is 0 Å². The molecule has 0 unspecified atom stereocenters. The number of nitrogens with one attached hydrogen (secondary N) is 1. The summed E-state index contributed by atoms with van der Waals surface area (Å²) in [7, 11) is -2.41. The molecule has 34 heavy (non-hydrogen) atoms. The topological polar surface area (TPSA) is 75.7 Å². The maximum atomic E-state index is 13.4. The van der Waals surface area contributed by atoms with Gasteiger partial charge >= 0.3 is 0 Å². The number of halogens is 2. The van der Waals surface area contributed by atoms with Crippen LogP contribution < -0.4 is 14.4 Å². The molecule has 0 fully saturated rings. The van der Waals surface area contributed by atoms with Crippen LogP contribution in [0.4, 0.5) is 5.69 Å². The van der Waals surface area contributed by atoms with Crippen molar-refractivity contribution in [1.82, 2.24) is 5.32 Å². The molecule has 1 amide bonds. The molecule has 0 saturated carbocycles. The Hall–Kier alpha value is -3.00. The third-order valence-corrected chi connectivity index (χ3v) is 7.41. The molecule has 0 aliphatic rings. The van der Waals surface area contributed by atoms with Crippen LogP contribution in [0.3, 0.4) is 0 Å². The third kappa shape index (κ3) is 6.11. The summed E-state index contributed by atoms with van der Waals surface area (Å²) in [4.78, 5) is 12.7. The average molecular weight is 519 g/mol. The number of sulfonamides is 1. The molecule has 3 aromatic rings. The van der Waals surface area contributed by atoms with E-state index in [2.05, 4.69) is 11.9 Å². The molecule has 0 atom stereocenters. The normalized spacial score (nSPS) is 11.0. The van der Waals surface area contributed by atoms with E-state index in [1.54, 1.807) is 31.4 Å². The van der Waals surface area contributed by atoms with Crippen LogP contribution in [0.5, 0.6) is 5.75 Å². The van der Waals surface area contributed by atoms with Crippen molar-refractivity contribution in [3.05, 3.63) is 101 Å². The zero-order chi connectivity index (χ0) is 24.7. The summed E-state index contributed by atoms with van der Waals surface area (Å²) in [5.41, 5.74) is 1.52. The number of methoxy groups -OCH3 is 1. The van der Waals surface area contributed by atoms with Gasteiger partial charge in [-0.2, -0.15) is 0 Å². The van der Waals surface area contributed by atoms with E-state index < -0.39 is 15.9 Å². The highest BCUT2D eigenvalue weighted by atomic mass is 35.5. The molecular weight excluding hydrogens is 495 g/mol. The Morgan fingerprint density at radius 1 is 1.06 bits per heavy atom. The van der Waals surface area contributed by atoms with Gasteiger partial charge in [0.05, 0.1) is 34.8 Å². The second kappa shape index (κ2) is 11.4. The third-order valence-electron chi connectivity index (χ3n) is 5.04. The Morgan fingerprint density at radius 2 is 1.74 bits per heavy atom. The summed E-state index contributed by atoms with van der Waals surface area (Å²) >= 11 is 12.2. The Morgan fingerprint density at radius 3 is 2.35 bits per heavy atom. The number of benzene rings is 3. The van der Waals surface area contributed by atoms with Gasteiger partial charge in [0, 0.05) is 11.6 Å². The smallest absolute Gasteiger partial charge is 0.264 e. The summed E-state index contributed by atoms with van der Waals surface area (Å²) in [5, 5.41) is 3.44. The van der Waals surface area contributed by atoms with Crippen molar-refractivity contribution < 1.29 is 17.9 Å². The first-order valence-corrected chi connectivity index (χ1v) is 12.6. The van der Waals surface area contributed by atoms with E-state index in [0.29, 0.717) is 23.7 Å². The lowest BCUT2D eigenvalue weighted by Crippen LogP contribution is -2.31. The molecule has 0 saturated heterocycles. The SMILES string of the molecule is C=CCN(c1ccc(Cl)cc1)S(=O)(=O)c1ccc(Cl)c(C(=O)NCCc2ccc(OC)cc2)c1. The predicted molar refractivity (Wildman–Crippen MR) is 137 cm³/mol. The Balaban J connectivity index is 1.79. The van der Waals surface area contributed by atoms with Gasteiger partial charge in [-0.1, -0.05) is 41.4 Å². The summed E-state index contributed by atoms with van der Waals surface area (Å²) in [5.74, 6) is 0.291. The number of ether oxygens (including phenoxy) is 1. The van der Waals surface area contributed by atoms with Crippen LogP contribution >= 0.6 is 23.2 Å². The summed E-state index contributed by atoms with van der Waals surface area (Å²) in [6.45, 7) is 4.05. The molecule has 0 aliphatic heterocycles. The molecule has 178 valence electrons. The second-order valence-electron chi connectivity index (χ2n) is 7.30. The molecule has 0 aliphatic carbocycles. The largest absolute Gasteiger partial charge is 0.497 e. The first kappa shape index (κ1) is 25.6. The molecule has 0 radical (unpaired) electrons. The van der Waals surface area contributed by atoms with Crippen LogP contribution in [0.1, 0.15) is 15.9 Å². The summed E-state index contributed by atoms with van der Waals surface area (Å²) < 4.78 is 33.1. The van der Waals surface area contributed by atoms with Crippen LogP contribution in [0, 0.1) is 0 Å². The van der Waals surface area contributed by atoms with Gasteiger partial charge in [-0.05, 0) is 66.6 Å². The molecule has 3 aromatic carbocycles. The van der Waals surface area contributed by atoms with Crippen LogP contribution in [-0.2, 0) is 16.4 Å². The number of carbonyl (C=O) groups excluding carboxylic acids is 1. The Bertz CT molecular complexity index is 1260. The Labute approximate surface area is 209 Å². The number of hydrogen-bond acceptors (Lipinski definition) is 4. The van der Waals surface area contributed by atoms with Gasteiger partial charge < -0.3 is 10.1 Å². The van der Waals surface area contributed by atoms with Crippen LogP contribution in [0.2, 0.25) is 10.0 Å². The number of anilines is 1. The van der Waals surface area contributed by atoms with E-state index in [1.165, 1.54) is 28.6 Å². The van der Waals surface area contributed by atoms with Crippen molar-refractivity contribution in [3.8, 4) is 5.75 Å². The van der Waals surface area contributed by atoms with E-state index in [0.717, 1.165) is 11.3 Å². The average Bonchev–Trinajstić information content (AvgIpc) is 2.83. The predicted octanol–water partition coefficient (Wildman–Crippen LogP) is 5.36. The van der Waals surface area contributed by atoms with E-state index >= 15 is 0 Å². The molecular formula is C25H24Cl2N2O4S. The second-order valence-corrected chi connectivity index (χ2v) is 10.0. The number of hydrogen-bond donors (Lipinski definition) is 1. The fraction of sp³-hybridized carbons (Fsp3) is 0.160. The zero-order valence-electron chi connectivity index (χ0n) is 18.5. The van der Waals surface area contributed by atoms with Gasteiger partial charge in [-0.15, -0.1) is 6.58 Å². The number of carbonyl (C=O) groups is 1. The maximum absolute atomic E-state index is 13.4. The summed E-state index contributed by atoms with van der Waals surface area (Å²) in [6.07, 6.45) is 2.07. The molecule has 0 spiro atoms. The maximum Gasteiger partial charge on any atom is 0.264 e. The van der Waals surface area contributed by atoms with Crippen molar-refractivity contribution in [3.63, 3.8) is 0 Å². The number of amides is 1. The van der Waals surface area contributed by atoms with Gasteiger partial charge in [-0.3, -0.25) is 9.10 Å².